The molecule has 3 fully saturated rings. The highest BCUT2D eigenvalue weighted by atomic mass is 16.6. The molecule has 37 heavy (non-hydrogen) atoms. The number of hydrogen-bond donors (Lipinski definition) is 2. The zero-order chi connectivity index (χ0) is 27.0. The van der Waals surface area contributed by atoms with Crippen LogP contribution in [0.15, 0.2) is 0 Å². The fourth-order valence-electron chi connectivity index (χ4n) is 5.72. The van der Waals surface area contributed by atoms with E-state index in [4.69, 9.17) is 14.2 Å². The van der Waals surface area contributed by atoms with E-state index in [0.29, 0.717) is 5.92 Å². The normalized spacial score (nSPS) is 31.2. The quantitative estimate of drug-likeness (QED) is 0.395. The number of methoxy groups -OCH3 is 1. The van der Waals surface area contributed by atoms with Crippen molar-refractivity contribution in [2.75, 3.05) is 20.3 Å². The first-order valence-electron chi connectivity index (χ1n) is 13.9. The molecule has 2 unspecified atom stereocenters. The second-order valence-electron chi connectivity index (χ2n) is 11.7. The molecule has 0 aromatic heterocycles. The van der Waals surface area contributed by atoms with Crippen molar-refractivity contribution in [1.29, 1.82) is 0 Å². The van der Waals surface area contributed by atoms with E-state index < -0.39 is 47.6 Å². The largest absolute Gasteiger partial charge is 0.467 e. The first kappa shape index (κ1) is 29.0. The number of alkyl carbamates (subject to hydrolysis) is 2. The van der Waals surface area contributed by atoms with Crippen molar-refractivity contribution >= 4 is 24.1 Å². The molecule has 5 atom stereocenters. The van der Waals surface area contributed by atoms with Gasteiger partial charge in [-0.3, -0.25) is 4.79 Å². The Morgan fingerprint density at radius 2 is 1.57 bits per heavy atom. The number of carbonyl (C=O) groups is 4. The van der Waals surface area contributed by atoms with Gasteiger partial charge in [0.25, 0.3) is 0 Å². The zero-order valence-electron chi connectivity index (χ0n) is 22.9. The van der Waals surface area contributed by atoms with E-state index >= 15 is 0 Å². The van der Waals surface area contributed by atoms with Gasteiger partial charge in [0.05, 0.1) is 19.8 Å². The van der Waals surface area contributed by atoms with Crippen molar-refractivity contribution in [1.82, 2.24) is 15.5 Å². The van der Waals surface area contributed by atoms with E-state index in [1.165, 1.54) is 12.0 Å². The summed E-state index contributed by atoms with van der Waals surface area (Å²) in [5.74, 6) is -0.625. The van der Waals surface area contributed by atoms with Gasteiger partial charge in [-0.15, -0.1) is 0 Å². The van der Waals surface area contributed by atoms with Gasteiger partial charge in [-0.2, -0.15) is 0 Å². The number of nitrogens with zero attached hydrogens (tertiary/aromatic N) is 1. The molecule has 10 heteroatoms. The number of amides is 3. The molecule has 2 bridgehead atoms. The lowest BCUT2D eigenvalue weighted by atomic mass is 9.83. The lowest BCUT2D eigenvalue weighted by Gasteiger charge is -2.34. The average molecular weight is 524 g/mol. The summed E-state index contributed by atoms with van der Waals surface area (Å²) in [6.45, 7) is 5.92. The third-order valence-electron chi connectivity index (χ3n) is 7.80. The molecule has 0 radical (unpaired) electrons. The maximum absolute atomic E-state index is 13.7. The molecule has 1 saturated carbocycles. The van der Waals surface area contributed by atoms with E-state index in [-0.39, 0.29) is 25.7 Å². The van der Waals surface area contributed by atoms with E-state index in [1.807, 2.05) is 20.8 Å². The summed E-state index contributed by atoms with van der Waals surface area (Å²) in [5, 5.41) is 5.59. The Hall–Kier alpha value is -2.52. The topological polar surface area (TPSA) is 123 Å². The number of cyclic esters (lactones) is 1. The summed E-state index contributed by atoms with van der Waals surface area (Å²) >= 11 is 0. The predicted molar refractivity (Wildman–Crippen MR) is 137 cm³/mol. The highest BCUT2D eigenvalue weighted by Gasteiger charge is 2.46. The molecule has 0 aromatic rings. The summed E-state index contributed by atoms with van der Waals surface area (Å²) in [6.07, 6.45) is 9.04. The summed E-state index contributed by atoms with van der Waals surface area (Å²) in [6, 6.07) is -2.27. The Morgan fingerprint density at radius 3 is 2.27 bits per heavy atom. The van der Waals surface area contributed by atoms with Gasteiger partial charge in [0.2, 0.25) is 5.91 Å². The first-order chi connectivity index (χ1) is 17.6. The maximum Gasteiger partial charge on any atom is 0.407 e. The van der Waals surface area contributed by atoms with Crippen molar-refractivity contribution < 1.29 is 33.4 Å². The lowest BCUT2D eigenvalue weighted by Crippen LogP contribution is -2.57. The van der Waals surface area contributed by atoms with E-state index in [2.05, 4.69) is 10.6 Å². The van der Waals surface area contributed by atoms with E-state index in [1.54, 1.807) is 0 Å². The Morgan fingerprint density at radius 1 is 0.919 bits per heavy atom. The summed E-state index contributed by atoms with van der Waals surface area (Å²) < 4.78 is 16.2. The first-order valence-corrected chi connectivity index (χ1v) is 13.9. The van der Waals surface area contributed by atoms with Crippen LogP contribution in [0.5, 0.6) is 0 Å². The van der Waals surface area contributed by atoms with Gasteiger partial charge in [-0.25, -0.2) is 14.4 Å². The third kappa shape index (κ3) is 8.23. The van der Waals surface area contributed by atoms with Gasteiger partial charge in [0.15, 0.2) is 0 Å². The van der Waals surface area contributed by atoms with E-state index in [9.17, 15) is 19.2 Å². The molecule has 2 heterocycles. The van der Waals surface area contributed by atoms with Crippen LogP contribution in [0.1, 0.15) is 91.4 Å². The number of fused-ring (bicyclic) bond motifs is 3. The summed E-state index contributed by atoms with van der Waals surface area (Å²) in [5.41, 5.74) is -0.645. The molecular weight excluding hydrogens is 478 g/mol. The highest BCUT2D eigenvalue weighted by molar-refractivity contribution is 5.91. The molecule has 0 aromatic carbocycles. The van der Waals surface area contributed by atoms with Gasteiger partial charge >= 0.3 is 18.2 Å². The number of rotatable bonds is 1. The number of esters is 1. The molecule has 1 aliphatic carbocycles. The van der Waals surface area contributed by atoms with Crippen LogP contribution in [0.2, 0.25) is 0 Å². The zero-order valence-corrected chi connectivity index (χ0v) is 22.9. The van der Waals surface area contributed by atoms with Crippen molar-refractivity contribution in [2.45, 2.75) is 116 Å². The standard InChI is InChI=1S/C27H45N3O7/c1-27(2,3)22-23(31)30-17-19(16-20(30)24(32)35-4)28-26(34)37-21-14-10-9-13-18(21)12-8-6-5-7-11-15-36-25(33)29-22/h18-22H,5-17H2,1-4H3,(H,28,34)(H,29,33)/t18?,19-,20+,21?,22-/m1/s1. The second kappa shape index (κ2) is 13.3. The molecule has 210 valence electrons. The molecule has 2 aliphatic heterocycles. The number of nitrogens with one attached hydrogen (secondary N) is 2. The maximum atomic E-state index is 13.7. The van der Waals surface area contributed by atoms with Crippen LogP contribution in [0, 0.1) is 11.3 Å². The van der Waals surface area contributed by atoms with Crippen LogP contribution in [0.25, 0.3) is 0 Å². The fraction of sp³-hybridized carbons (Fsp3) is 0.852. The smallest absolute Gasteiger partial charge is 0.407 e. The average Bonchev–Trinajstić information content (AvgIpc) is 3.26. The molecule has 3 rings (SSSR count). The minimum absolute atomic E-state index is 0.108. The van der Waals surface area contributed by atoms with Gasteiger partial charge < -0.3 is 29.7 Å². The lowest BCUT2D eigenvalue weighted by molar-refractivity contribution is -0.152. The molecule has 0 spiro atoms. The third-order valence-corrected chi connectivity index (χ3v) is 7.80. The van der Waals surface area contributed by atoms with Gasteiger partial charge in [0, 0.05) is 13.0 Å². The SMILES string of the molecule is COC(=O)[C@@H]1C[C@@H]2CN1C(=O)[C@H](C(C)(C)C)NC(=O)OCCCCCCCC1CCCCC1OC(=O)N2. The van der Waals surface area contributed by atoms with Gasteiger partial charge in [0.1, 0.15) is 18.2 Å². The van der Waals surface area contributed by atoms with E-state index in [0.717, 1.165) is 64.2 Å². The van der Waals surface area contributed by atoms with Gasteiger partial charge in [-0.1, -0.05) is 52.9 Å². The Kier molecular flexibility index (Phi) is 10.5. The summed E-state index contributed by atoms with van der Waals surface area (Å²) in [4.78, 5) is 53.1. The summed E-state index contributed by atoms with van der Waals surface area (Å²) in [7, 11) is 1.27. The predicted octanol–water partition coefficient (Wildman–Crippen LogP) is 3.91. The van der Waals surface area contributed by atoms with Crippen LogP contribution in [-0.4, -0.2) is 73.5 Å². The van der Waals surface area contributed by atoms with Crippen LogP contribution < -0.4 is 10.6 Å². The van der Waals surface area contributed by atoms with Crippen LogP contribution in [0.3, 0.4) is 0 Å². The molecule has 3 amide bonds. The van der Waals surface area contributed by atoms with Crippen LogP contribution >= 0.6 is 0 Å². The highest BCUT2D eigenvalue weighted by Crippen LogP contribution is 2.32. The van der Waals surface area contributed by atoms with Crippen LogP contribution in [-0.2, 0) is 23.8 Å². The fourth-order valence-corrected chi connectivity index (χ4v) is 5.72. The molecule has 3 aliphatic rings. The number of carbonyl (C=O) groups excluding carboxylic acids is 4. The van der Waals surface area contributed by atoms with Crippen molar-refractivity contribution in [3.63, 3.8) is 0 Å². The number of hydrogen-bond acceptors (Lipinski definition) is 7. The Balaban J connectivity index is 1.79. The number of ether oxygens (including phenoxy) is 3. The molecule has 2 N–H and O–H groups in total. The Labute approximate surface area is 220 Å². The van der Waals surface area contributed by atoms with Crippen molar-refractivity contribution in [2.24, 2.45) is 11.3 Å². The molecular formula is C27H45N3O7. The van der Waals surface area contributed by atoms with Gasteiger partial charge in [-0.05, 0) is 43.4 Å². The Bertz CT molecular complexity index is 812. The minimum Gasteiger partial charge on any atom is -0.467 e. The second-order valence-corrected chi connectivity index (χ2v) is 11.7. The van der Waals surface area contributed by atoms with Crippen molar-refractivity contribution in [3.05, 3.63) is 0 Å². The molecule has 2 saturated heterocycles. The monoisotopic (exact) mass is 523 g/mol. The van der Waals surface area contributed by atoms with Crippen LogP contribution in [0.4, 0.5) is 9.59 Å². The minimum atomic E-state index is -0.925. The molecule has 10 nitrogen and oxygen atoms in total. The van der Waals surface area contributed by atoms with Crippen molar-refractivity contribution in [3.8, 4) is 0 Å².